The number of nitrogens with zero attached hydrogens (tertiary/aromatic N) is 1. The molecule has 8 heteroatoms. The van der Waals surface area contributed by atoms with Crippen molar-refractivity contribution < 1.29 is 23.9 Å². The van der Waals surface area contributed by atoms with E-state index in [9.17, 15) is 14.4 Å². The van der Waals surface area contributed by atoms with Crippen molar-refractivity contribution >= 4 is 29.1 Å². The third-order valence-electron chi connectivity index (χ3n) is 5.51. The number of benzene rings is 2. The molecule has 33 heavy (non-hydrogen) atoms. The van der Waals surface area contributed by atoms with Gasteiger partial charge in [0.05, 0.1) is 5.92 Å². The fourth-order valence-electron chi connectivity index (χ4n) is 3.63. The first-order valence-electron chi connectivity index (χ1n) is 11.0. The quantitative estimate of drug-likeness (QED) is 0.539. The maximum atomic E-state index is 12.4. The normalized spacial score (nSPS) is 15.4. The Hall–Kier alpha value is -3.39. The summed E-state index contributed by atoms with van der Waals surface area (Å²) in [6.07, 6.45) is 0.920. The molecule has 0 unspecified atom stereocenters. The lowest BCUT2D eigenvalue weighted by Gasteiger charge is -2.17. The molecule has 1 fully saturated rings. The van der Waals surface area contributed by atoms with Crippen LogP contribution < -0.4 is 20.3 Å². The topological polar surface area (TPSA) is 97.0 Å². The van der Waals surface area contributed by atoms with Crippen molar-refractivity contribution in [3.63, 3.8) is 0 Å². The highest BCUT2D eigenvalue weighted by molar-refractivity contribution is 6.00. The Kier molecular flexibility index (Phi) is 8.43. The van der Waals surface area contributed by atoms with Crippen molar-refractivity contribution in [2.24, 2.45) is 5.92 Å². The molecule has 0 spiro atoms. The SMILES string of the molecule is COCCCNC(=O)[C@@H]1CC(=O)N(c2ccc(OCC(=O)Nc3cc(C)ccc3C)cc2)C1. The van der Waals surface area contributed by atoms with E-state index in [0.717, 1.165) is 23.2 Å². The predicted molar refractivity (Wildman–Crippen MR) is 126 cm³/mol. The summed E-state index contributed by atoms with van der Waals surface area (Å²) in [6, 6.07) is 12.8. The lowest BCUT2D eigenvalue weighted by Crippen LogP contribution is -2.33. The highest BCUT2D eigenvalue weighted by atomic mass is 16.5. The van der Waals surface area contributed by atoms with Gasteiger partial charge in [-0.05, 0) is 61.7 Å². The smallest absolute Gasteiger partial charge is 0.262 e. The minimum Gasteiger partial charge on any atom is -0.484 e. The number of hydrogen-bond donors (Lipinski definition) is 2. The van der Waals surface area contributed by atoms with E-state index >= 15 is 0 Å². The first-order valence-corrected chi connectivity index (χ1v) is 11.0. The Morgan fingerprint density at radius 3 is 2.61 bits per heavy atom. The number of nitrogens with one attached hydrogen (secondary N) is 2. The number of ether oxygens (including phenoxy) is 2. The van der Waals surface area contributed by atoms with Crippen LogP contribution in [0.25, 0.3) is 0 Å². The number of rotatable bonds is 10. The van der Waals surface area contributed by atoms with Gasteiger partial charge in [0, 0.05) is 44.6 Å². The lowest BCUT2D eigenvalue weighted by molar-refractivity contribution is -0.126. The molecule has 1 aliphatic heterocycles. The maximum Gasteiger partial charge on any atom is 0.262 e. The van der Waals surface area contributed by atoms with Crippen LogP contribution in [0.15, 0.2) is 42.5 Å². The molecule has 3 rings (SSSR count). The molecule has 0 saturated carbocycles. The molecule has 2 aromatic rings. The average Bonchev–Trinajstić information content (AvgIpc) is 3.19. The molecule has 2 aromatic carbocycles. The van der Waals surface area contributed by atoms with Gasteiger partial charge < -0.3 is 25.0 Å². The molecule has 2 N–H and O–H groups in total. The Morgan fingerprint density at radius 1 is 1.12 bits per heavy atom. The molecular formula is C25H31N3O5. The zero-order valence-corrected chi connectivity index (χ0v) is 19.3. The second-order valence-corrected chi connectivity index (χ2v) is 8.19. The van der Waals surface area contributed by atoms with Gasteiger partial charge in [-0.15, -0.1) is 0 Å². The maximum absolute atomic E-state index is 12.4. The van der Waals surface area contributed by atoms with Crippen LogP contribution in [0.3, 0.4) is 0 Å². The van der Waals surface area contributed by atoms with Gasteiger partial charge in [0.1, 0.15) is 5.75 Å². The van der Waals surface area contributed by atoms with Crippen molar-refractivity contribution in [2.75, 3.05) is 43.6 Å². The minimum absolute atomic E-state index is 0.0892. The molecule has 3 amide bonds. The summed E-state index contributed by atoms with van der Waals surface area (Å²) in [6.45, 7) is 5.23. The van der Waals surface area contributed by atoms with E-state index in [2.05, 4.69) is 10.6 Å². The van der Waals surface area contributed by atoms with Crippen LogP contribution in [0.2, 0.25) is 0 Å². The highest BCUT2D eigenvalue weighted by Gasteiger charge is 2.34. The second kappa shape index (κ2) is 11.5. The molecule has 0 bridgehead atoms. The zero-order valence-electron chi connectivity index (χ0n) is 19.3. The van der Waals surface area contributed by atoms with Crippen LogP contribution in [-0.4, -0.2) is 51.1 Å². The van der Waals surface area contributed by atoms with Gasteiger partial charge in [0.2, 0.25) is 11.8 Å². The van der Waals surface area contributed by atoms with Crippen molar-refractivity contribution in [3.05, 3.63) is 53.6 Å². The fourth-order valence-corrected chi connectivity index (χ4v) is 3.63. The van der Waals surface area contributed by atoms with E-state index in [1.54, 1.807) is 36.3 Å². The van der Waals surface area contributed by atoms with Crippen molar-refractivity contribution in [3.8, 4) is 5.75 Å². The fraction of sp³-hybridized carbons (Fsp3) is 0.400. The third kappa shape index (κ3) is 6.79. The molecule has 1 atom stereocenters. The van der Waals surface area contributed by atoms with Crippen LogP contribution >= 0.6 is 0 Å². The highest BCUT2D eigenvalue weighted by Crippen LogP contribution is 2.27. The van der Waals surface area contributed by atoms with Gasteiger partial charge in [-0.2, -0.15) is 0 Å². The molecule has 1 saturated heterocycles. The number of carbonyl (C=O) groups excluding carboxylic acids is 3. The van der Waals surface area contributed by atoms with Crippen molar-refractivity contribution in [1.29, 1.82) is 0 Å². The van der Waals surface area contributed by atoms with E-state index < -0.39 is 0 Å². The van der Waals surface area contributed by atoms with Crippen LogP contribution in [0.4, 0.5) is 11.4 Å². The summed E-state index contributed by atoms with van der Waals surface area (Å²) in [5, 5.41) is 5.71. The van der Waals surface area contributed by atoms with E-state index in [1.165, 1.54) is 0 Å². The lowest BCUT2D eigenvalue weighted by atomic mass is 10.1. The van der Waals surface area contributed by atoms with Crippen LogP contribution in [-0.2, 0) is 19.1 Å². The predicted octanol–water partition coefficient (Wildman–Crippen LogP) is 2.83. The summed E-state index contributed by atoms with van der Waals surface area (Å²) in [7, 11) is 1.62. The van der Waals surface area contributed by atoms with Gasteiger partial charge in [-0.25, -0.2) is 0 Å². The summed E-state index contributed by atoms with van der Waals surface area (Å²) in [4.78, 5) is 38.6. The molecular weight excluding hydrogens is 422 g/mol. The molecule has 8 nitrogen and oxygen atoms in total. The van der Waals surface area contributed by atoms with E-state index in [0.29, 0.717) is 31.1 Å². The summed E-state index contributed by atoms with van der Waals surface area (Å²) in [5.74, 6) is -0.300. The first kappa shape index (κ1) is 24.3. The summed E-state index contributed by atoms with van der Waals surface area (Å²) >= 11 is 0. The monoisotopic (exact) mass is 453 g/mol. The number of amides is 3. The molecule has 0 aromatic heterocycles. The number of hydrogen-bond acceptors (Lipinski definition) is 5. The molecule has 0 radical (unpaired) electrons. The molecule has 0 aliphatic carbocycles. The molecule has 1 aliphatic rings. The van der Waals surface area contributed by atoms with Crippen LogP contribution in [0, 0.1) is 19.8 Å². The zero-order chi connectivity index (χ0) is 23.8. The van der Waals surface area contributed by atoms with Gasteiger partial charge in [0.15, 0.2) is 6.61 Å². The number of anilines is 2. The first-order chi connectivity index (χ1) is 15.9. The van der Waals surface area contributed by atoms with E-state index in [-0.39, 0.29) is 36.7 Å². The number of methoxy groups -OCH3 is 1. The van der Waals surface area contributed by atoms with E-state index in [4.69, 9.17) is 9.47 Å². The third-order valence-corrected chi connectivity index (χ3v) is 5.51. The van der Waals surface area contributed by atoms with Crippen molar-refractivity contribution in [1.82, 2.24) is 5.32 Å². The van der Waals surface area contributed by atoms with Gasteiger partial charge in [-0.1, -0.05) is 12.1 Å². The summed E-state index contributed by atoms with van der Waals surface area (Å²) in [5.41, 5.74) is 3.51. The summed E-state index contributed by atoms with van der Waals surface area (Å²) < 4.78 is 10.6. The minimum atomic E-state index is -0.371. The van der Waals surface area contributed by atoms with Gasteiger partial charge in [0.25, 0.3) is 5.91 Å². The van der Waals surface area contributed by atoms with Gasteiger partial charge >= 0.3 is 0 Å². The number of carbonyl (C=O) groups is 3. The average molecular weight is 454 g/mol. The Bertz CT molecular complexity index is 990. The van der Waals surface area contributed by atoms with Crippen LogP contribution in [0.1, 0.15) is 24.0 Å². The largest absolute Gasteiger partial charge is 0.484 e. The van der Waals surface area contributed by atoms with Crippen molar-refractivity contribution in [2.45, 2.75) is 26.7 Å². The van der Waals surface area contributed by atoms with Gasteiger partial charge in [-0.3, -0.25) is 14.4 Å². The number of aryl methyl sites for hydroxylation is 2. The standard InChI is InChI=1S/C25H31N3O5/c1-17-5-6-18(2)22(13-17)27-23(29)16-33-21-9-7-20(8-10-21)28-15-19(14-24(28)30)25(31)26-11-4-12-32-3/h5-10,13,19H,4,11-12,14-16H2,1-3H3,(H,26,31)(H,27,29)/t19-/m1/s1. The van der Waals surface area contributed by atoms with Crippen LogP contribution in [0.5, 0.6) is 5.75 Å². The molecule has 1 heterocycles. The Morgan fingerprint density at radius 2 is 1.88 bits per heavy atom. The molecule has 176 valence electrons. The van der Waals surface area contributed by atoms with E-state index in [1.807, 2.05) is 32.0 Å². The Labute approximate surface area is 194 Å². The second-order valence-electron chi connectivity index (χ2n) is 8.19. The Balaban J connectivity index is 1.49.